The molecule has 2 aromatic rings. The molecule has 7 nitrogen and oxygen atoms in total. The first-order valence-corrected chi connectivity index (χ1v) is 8.78. The molecule has 0 bridgehead atoms. The van der Waals surface area contributed by atoms with E-state index in [0.29, 0.717) is 16.8 Å². The fourth-order valence-corrected chi connectivity index (χ4v) is 3.13. The monoisotopic (exact) mass is 396 g/mol. The Morgan fingerprint density at radius 3 is 2.67 bits per heavy atom. The van der Waals surface area contributed by atoms with Crippen molar-refractivity contribution in [3.63, 3.8) is 0 Å². The van der Waals surface area contributed by atoms with Crippen LogP contribution >= 0.6 is 15.9 Å². The number of nitrogens with one attached hydrogen (secondary N) is 1. The highest BCUT2D eigenvalue weighted by Crippen LogP contribution is 2.24. The summed E-state index contributed by atoms with van der Waals surface area (Å²) in [6, 6.07) is 1.73. The summed E-state index contributed by atoms with van der Waals surface area (Å²) in [5.74, 6) is -0.971. The van der Waals surface area contributed by atoms with Crippen molar-refractivity contribution >= 4 is 27.5 Å². The molecule has 1 fully saturated rings. The minimum absolute atomic E-state index is 0.0763. The maximum absolute atomic E-state index is 12.9. The number of rotatable bonds is 3. The lowest BCUT2D eigenvalue weighted by Gasteiger charge is -2.26. The summed E-state index contributed by atoms with van der Waals surface area (Å²) in [5.41, 5.74) is -0.493. The van der Waals surface area contributed by atoms with Crippen LogP contribution in [0.3, 0.4) is 0 Å². The number of carbonyl (C=O) groups is 1. The zero-order chi connectivity index (χ0) is 17.6. The Hall–Kier alpha value is -1.83. The van der Waals surface area contributed by atoms with Crippen LogP contribution in [0.25, 0.3) is 5.65 Å². The fourth-order valence-electron chi connectivity index (χ4n) is 2.77. The minimum atomic E-state index is -0.543. The number of halogens is 1. The smallest absolute Gasteiger partial charge is 0.270 e. The zero-order valence-electron chi connectivity index (χ0n) is 14.0. The van der Waals surface area contributed by atoms with Crippen molar-refractivity contribution in [2.75, 3.05) is 0 Å². The summed E-state index contributed by atoms with van der Waals surface area (Å²) >= 11 is 3.26. The molecule has 0 aliphatic heterocycles. The van der Waals surface area contributed by atoms with E-state index in [1.807, 2.05) is 20.8 Å². The number of hydrogen-bond acceptors (Lipinski definition) is 4. The van der Waals surface area contributed by atoms with Crippen LogP contribution in [0.15, 0.2) is 15.5 Å². The Kier molecular flexibility index (Phi) is 4.19. The van der Waals surface area contributed by atoms with Gasteiger partial charge in [-0.05, 0) is 40.6 Å². The van der Waals surface area contributed by atoms with E-state index in [0.717, 1.165) is 19.3 Å². The maximum Gasteiger partial charge on any atom is 0.270 e. The third-order valence-electron chi connectivity index (χ3n) is 4.12. The molecule has 0 spiro atoms. The molecule has 130 valence electrons. The second kappa shape index (κ2) is 5.91. The normalized spacial score (nSPS) is 15.5. The molecule has 0 radical (unpaired) electrons. The Morgan fingerprint density at radius 1 is 1.46 bits per heavy atom. The SMILES string of the molecule is CC(C)(C)Cn1c(=O)c(C(=O)NC2CCC2)c(O)n2nc(Br)cc12. The largest absolute Gasteiger partial charge is 0.492 e. The average molecular weight is 397 g/mol. The molecule has 0 aromatic carbocycles. The quantitative estimate of drug-likeness (QED) is 0.832. The van der Waals surface area contributed by atoms with Gasteiger partial charge in [0, 0.05) is 18.7 Å². The summed E-state index contributed by atoms with van der Waals surface area (Å²) in [7, 11) is 0. The summed E-state index contributed by atoms with van der Waals surface area (Å²) in [6.07, 6.45) is 2.87. The van der Waals surface area contributed by atoms with Crippen molar-refractivity contribution in [3.8, 4) is 5.88 Å². The summed E-state index contributed by atoms with van der Waals surface area (Å²) in [6.45, 7) is 6.41. The van der Waals surface area contributed by atoms with Crippen LogP contribution in [0.2, 0.25) is 0 Å². The van der Waals surface area contributed by atoms with Crippen molar-refractivity contribution in [1.29, 1.82) is 0 Å². The molecule has 1 saturated carbocycles. The molecule has 2 aromatic heterocycles. The number of nitrogens with zero attached hydrogens (tertiary/aromatic N) is 3. The molecule has 2 heterocycles. The Labute approximate surface area is 147 Å². The lowest BCUT2D eigenvalue weighted by atomic mass is 9.93. The maximum atomic E-state index is 12.9. The Balaban J connectivity index is 2.17. The van der Waals surface area contributed by atoms with Gasteiger partial charge in [0.2, 0.25) is 5.88 Å². The molecule has 0 atom stereocenters. The topological polar surface area (TPSA) is 88.6 Å². The van der Waals surface area contributed by atoms with Gasteiger partial charge in [0.1, 0.15) is 10.3 Å². The van der Waals surface area contributed by atoms with E-state index < -0.39 is 17.3 Å². The van der Waals surface area contributed by atoms with Gasteiger partial charge in [-0.3, -0.25) is 14.2 Å². The molecule has 3 rings (SSSR count). The number of fused-ring (bicyclic) bond motifs is 1. The molecule has 8 heteroatoms. The third kappa shape index (κ3) is 3.07. The second-order valence-corrected chi connectivity index (χ2v) is 8.30. The molecule has 1 aliphatic carbocycles. The lowest BCUT2D eigenvalue weighted by molar-refractivity contribution is 0.0910. The van der Waals surface area contributed by atoms with Gasteiger partial charge < -0.3 is 10.4 Å². The van der Waals surface area contributed by atoms with E-state index in [1.165, 1.54) is 9.08 Å². The molecule has 2 N–H and O–H groups in total. The van der Waals surface area contributed by atoms with Crippen LogP contribution in [-0.2, 0) is 6.54 Å². The summed E-state index contributed by atoms with van der Waals surface area (Å²) in [5, 5.41) is 17.4. The van der Waals surface area contributed by atoms with Crippen LogP contribution in [0.5, 0.6) is 5.88 Å². The molecule has 1 amide bonds. The lowest BCUT2D eigenvalue weighted by Crippen LogP contribution is -2.43. The van der Waals surface area contributed by atoms with Crippen LogP contribution in [0.4, 0.5) is 0 Å². The van der Waals surface area contributed by atoms with Crippen molar-refractivity contribution in [1.82, 2.24) is 19.5 Å². The van der Waals surface area contributed by atoms with E-state index in [4.69, 9.17) is 0 Å². The van der Waals surface area contributed by atoms with Crippen LogP contribution in [0.1, 0.15) is 50.4 Å². The highest BCUT2D eigenvalue weighted by atomic mass is 79.9. The first-order valence-electron chi connectivity index (χ1n) is 7.99. The van der Waals surface area contributed by atoms with Gasteiger partial charge in [-0.1, -0.05) is 20.8 Å². The van der Waals surface area contributed by atoms with E-state index in [2.05, 4.69) is 26.3 Å². The van der Waals surface area contributed by atoms with Gasteiger partial charge in [0.25, 0.3) is 11.5 Å². The van der Waals surface area contributed by atoms with Crippen LogP contribution in [-0.4, -0.2) is 31.2 Å². The van der Waals surface area contributed by atoms with Gasteiger partial charge in [0.05, 0.1) is 0 Å². The Morgan fingerprint density at radius 2 is 2.12 bits per heavy atom. The zero-order valence-corrected chi connectivity index (χ0v) is 15.6. The number of hydrogen-bond donors (Lipinski definition) is 2. The molecular weight excluding hydrogens is 376 g/mol. The van der Waals surface area contributed by atoms with Crippen LogP contribution < -0.4 is 10.9 Å². The van der Waals surface area contributed by atoms with Crippen molar-refractivity contribution in [2.24, 2.45) is 5.41 Å². The number of aromatic hydroxyl groups is 1. The standard InChI is InChI=1S/C16H21BrN4O3/c1-16(2,3)8-20-11-7-10(17)19-21(11)15(24)12(14(20)23)13(22)18-9-5-4-6-9/h7,9,24H,4-6,8H2,1-3H3,(H,18,22). The van der Waals surface area contributed by atoms with Crippen molar-refractivity contribution < 1.29 is 9.90 Å². The predicted octanol–water partition coefficient (Wildman–Crippen LogP) is 2.29. The number of aromatic nitrogens is 3. The first-order chi connectivity index (χ1) is 11.2. The van der Waals surface area contributed by atoms with E-state index in [-0.39, 0.29) is 17.0 Å². The van der Waals surface area contributed by atoms with Gasteiger partial charge in [-0.25, -0.2) is 0 Å². The Bertz CT molecular complexity index is 859. The van der Waals surface area contributed by atoms with Crippen molar-refractivity contribution in [2.45, 2.75) is 52.6 Å². The second-order valence-electron chi connectivity index (χ2n) is 7.49. The van der Waals surface area contributed by atoms with Gasteiger partial charge in [-0.2, -0.15) is 9.61 Å². The molecule has 0 unspecified atom stereocenters. The average Bonchev–Trinajstić information content (AvgIpc) is 2.80. The number of carbonyl (C=O) groups excluding carboxylic acids is 1. The fraction of sp³-hybridized carbons (Fsp3) is 0.562. The summed E-state index contributed by atoms with van der Waals surface area (Å²) < 4.78 is 3.21. The van der Waals surface area contributed by atoms with Crippen LogP contribution in [0, 0.1) is 5.41 Å². The molecule has 1 aliphatic rings. The molecule has 24 heavy (non-hydrogen) atoms. The van der Waals surface area contributed by atoms with Gasteiger partial charge in [0.15, 0.2) is 5.56 Å². The minimum Gasteiger partial charge on any atom is -0.492 e. The highest BCUT2D eigenvalue weighted by Gasteiger charge is 2.28. The third-order valence-corrected chi connectivity index (χ3v) is 4.51. The van der Waals surface area contributed by atoms with E-state index in [9.17, 15) is 14.7 Å². The predicted molar refractivity (Wildman–Crippen MR) is 93.4 cm³/mol. The van der Waals surface area contributed by atoms with Gasteiger partial charge in [-0.15, -0.1) is 0 Å². The van der Waals surface area contributed by atoms with E-state index in [1.54, 1.807) is 6.07 Å². The molecular formula is C16H21BrN4O3. The van der Waals surface area contributed by atoms with E-state index >= 15 is 0 Å². The number of amides is 1. The van der Waals surface area contributed by atoms with Gasteiger partial charge >= 0.3 is 0 Å². The molecule has 0 saturated heterocycles. The first kappa shape index (κ1) is 17.0. The summed E-state index contributed by atoms with van der Waals surface area (Å²) in [4.78, 5) is 25.4. The highest BCUT2D eigenvalue weighted by molar-refractivity contribution is 9.10. The van der Waals surface area contributed by atoms with Crippen molar-refractivity contribution in [3.05, 3.63) is 26.6 Å².